The fourth-order valence-corrected chi connectivity index (χ4v) is 4.23. The Bertz CT molecular complexity index is 733. The number of benzene rings is 2. The molecule has 20 heavy (non-hydrogen) atoms. The van der Waals surface area contributed by atoms with Gasteiger partial charge in [-0.15, -0.1) is 0 Å². The van der Waals surface area contributed by atoms with Crippen LogP contribution in [0.4, 0.5) is 5.69 Å². The van der Waals surface area contributed by atoms with Gasteiger partial charge in [-0.3, -0.25) is 4.72 Å². The van der Waals surface area contributed by atoms with Crippen LogP contribution in [0, 0.1) is 0 Å². The quantitative estimate of drug-likeness (QED) is 0.796. The van der Waals surface area contributed by atoms with Crippen LogP contribution in [-0.4, -0.2) is 8.42 Å². The summed E-state index contributed by atoms with van der Waals surface area (Å²) in [6.45, 7) is 0.283. The van der Waals surface area contributed by atoms with Gasteiger partial charge in [0.1, 0.15) is 4.90 Å². The molecule has 0 unspecified atom stereocenters. The van der Waals surface area contributed by atoms with E-state index < -0.39 is 10.0 Å². The van der Waals surface area contributed by atoms with Gasteiger partial charge >= 0.3 is 0 Å². The van der Waals surface area contributed by atoms with Gasteiger partial charge in [-0.1, -0.05) is 18.2 Å². The summed E-state index contributed by atoms with van der Waals surface area (Å²) in [7, 11) is -3.68. The highest BCUT2D eigenvalue weighted by atomic mass is 79.9. The first-order valence-electron chi connectivity index (χ1n) is 5.70. The number of rotatable bonds is 4. The molecule has 0 spiro atoms. The third-order valence-electron chi connectivity index (χ3n) is 2.64. The first kappa shape index (κ1) is 15.5. The van der Waals surface area contributed by atoms with Crippen LogP contribution in [-0.2, 0) is 16.6 Å². The predicted molar refractivity (Wildman–Crippen MR) is 87.0 cm³/mol. The maximum Gasteiger partial charge on any atom is 0.263 e. The van der Waals surface area contributed by atoms with Crippen molar-refractivity contribution in [2.45, 2.75) is 11.4 Å². The number of nitrogens with one attached hydrogen (secondary N) is 1. The molecule has 0 aliphatic carbocycles. The van der Waals surface area contributed by atoms with E-state index in [4.69, 9.17) is 5.73 Å². The minimum absolute atomic E-state index is 0.163. The smallest absolute Gasteiger partial charge is 0.263 e. The number of hydrogen-bond acceptors (Lipinski definition) is 3. The van der Waals surface area contributed by atoms with Crippen molar-refractivity contribution in [2.24, 2.45) is 5.73 Å². The summed E-state index contributed by atoms with van der Waals surface area (Å²) in [5.41, 5.74) is 6.79. The zero-order chi connectivity index (χ0) is 14.8. The summed E-state index contributed by atoms with van der Waals surface area (Å²) in [6.07, 6.45) is 0. The van der Waals surface area contributed by atoms with E-state index in [-0.39, 0.29) is 11.4 Å². The van der Waals surface area contributed by atoms with Crippen LogP contribution < -0.4 is 10.5 Å². The van der Waals surface area contributed by atoms with Crippen LogP contribution in [0.3, 0.4) is 0 Å². The summed E-state index contributed by atoms with van der Waals surface area (Å²) in [6, 6.07) is 12.0. The number of sulfonamides is 1. The van der Waals surface area contributed by atoms with Crippen molar-refractivity contribution in [3.63, 3.8) is 0 Å². The average molecular weight is 420 g/mol. The maximum atomic E-state index is 12.4. The van der Waals surface area contributed by atoms with Crippen LogP contribution in [0.15, 0.2) is 56.3 Å². The predicted octanol–water partition coefficient (Wildman–Crippen LogP) is 3.47. The van der Waals surface area contributed by atoms with Gasteiger partial charge in [0, 0.05) is 15.5 Å². The largest absolute Gasteiger partial charge is 0.326 e. The molecule has 2 aromatic carbocycles. The fraction of sp³-hybridized carbons (Fsp3) is 0.0769. The topological polar surface area (TPSA) is 72.2 Å². The standard InChI is InChI=1S/C13H12Br2N2O2S/c14-10-3-1-2-4-12(10)17-20(18,19)13-7-9(8-16)5-6-11(13)15/h1-7,17H,8,16H2. The Morgan fingerprint density at radius 3 is 2.40 bits per heavy atom. The van der Waals surface area contributed by atoms with Gasteiger partial charge in [0.15, 0.2) is 0 Å². The molecule has 0 saturated heterocycles. The van der Waals surface area contributed by atoms with Crippen molar-refractivity contribution >= 4 is 47.6 Å². The summed E-state index contributed by atoms with van der Waals surface area (Å²) in [5, 5.41) is 0. The van der Waals surface area contributed by atoms with E-state index in [9.17, 15) is 8.42 Å². The number of hydrogen-bond donors (Lipinski definition) is 2. The number of halogens is 2. The monoisotopic (exact) mass is 418 g/mol. The summed E-state index contributed by atoms with van der Waals surface area (Å²) >= 11 is 6.57. The number of anilines is 1. The van der Waals surface area contributed by atoms with Gasteiger partial charge in [-0.25, -0.2) is 8.42 Å². The molecule has 7 heteroatoms. The van der Waals surface area contributed by atoms with E-state index in [1.54, 1.807) is 36.4 Å². The van der Waals surface area contributed by atoms with Crippen molar-refractivity contribution < 1.29 is 8.42 Å². The zero-order valence-electron chi connectivity index (χ0n) is 10.3. The first-order chi connectivity index (χ1) is 9.44. The lowest BCUT2D eigenvalue weighted by Crippen LogP contribution is -2.14. The molecule has 2 aromatic rings. The molecule has 0 heterocycles. The van der Waals surface area contributed by atoms with Crippen molar-refractivity contribution in [2.75, 3.05) is 4.72 Å². The molecule has 0 aliphatic rings. The van der Waals surface area contributed by atoms with Crippen molar-refractivity contribution in [3.05, 3.63) is 57.0 Å². The highest BCUT2D eigenvalue weighted by molar-refractivity contribution is 9.11. The van der Waals surface area contributed by atoms with Crippen molar-refractivity contribution in [3.8, 4) is 0 Å². The Balaban J connectivity index is 2.43. The van der Waals surface area contributed by atoms with Gasteiger partial charge < -0.3 is 5.73 Å². The molecule has 0 aromatic heterocycles. The second-order valence-electron chi connectivity index (χ2n) is 4.05. The normalized spacial score (nSPS) is 11.3. The zero-order valence-corrected chi connectivity index (χ0v) is 14.3. The lowest BCUT2D eigenvalue weighted by Gasteiger charge is -2.12. The van der Waals surface area contributed by atoms with E-state index >= 15 is 0 Å². The number of nitrogens with two attached hydrogens (primary N) is 1. The van der Waals surface area contributed by atoms with Crippen LogP contribution in [0.1, 0.15) is 5.56 Å². The fourth-order valence-electron chi connectivity index (χ4n) is 1.62. The van der Waals surface area contributed by atoms with Gasteiger partial charge in [0.25, 0.3) is 10.0 Å². The molecular formula is C13H12Br2N2O2S. The van der Waals surface area contributed by atoms with Gasteiger partial charge in [-0.05, 0) is 61.7 Å². The summed E-state index contributed by atoms with van der Waals surface area (Å²) in [5.74, 6) is 0. The van der Waals surface area contributed by atoms with E-state index in [0.29, 0.717) is 14.6 Å². The minimum atomic E-state index is -3.68. The highest BCUT2D eigenvalue weighted by Crippen LogP contribution is 2.28. The van der Waals surface area contributed by atoms with E-state index in [2.05, 4.69) is 36.6 Å². The molecule has 3 N–H and O–H groups in total. The van der Waals surface area contributed by atoms with E-state index in [0.717, 1.165) is 5.56 Å². The third-order valence-corrected chi connectivity index (χ3v) is 5.69. The summed E-state index contributed by atoms with van der Waals surface area (Å²) in [4.78, 5) is 0.163. The Labute approximate surface area is 134 Å². The number of para-hydroxylation sites is 1. The molecular weight excluding hydrogens is 408 g/mol. The molecule has 0 radical (unpaired) electrons. The van der Waals surface area contributed by atoms with Crippen molar-refractivity contribution in [1.29, 1.82) is 0 Å². The molecule has 2 rings (SSSR count). The Hall–Kier alpha value is -0.890. The highest BCUT2D eigenvalue weighted by Gasteiger charge is 2.19. The molecule has 4 nitrogen and oxygen atoms in total. The van der Waals surface area contributed by atoms with Crippen LogP contribution in [0.5, 0.6) is 0 Å². The Morgan fingerprint density at radius 1 is 1.05 bits per heavy atom. The van der Waals surface area contributed by atoms with E-state index in [1.807, 2.05) is 6.07 Å². The molecule has 0 atom stereocenters. The molecule has 0 fully saturated rings. The minimum Gasteiger partial charge on any atom is -0.326 e. The van der Waals surface area contributed by atoms with Gasteiger partial charge in [0.2, 0.25) is 0 Å². The molecule has 0 aliphatic heterocycles. The van der Waals surface area contributed by atoms with E-state index in [1.165, 1.54) is 0 Å². The Morgan fingerprint density at radius 2 is 1.75 bits per heavy atom. The second-order valence-corrected chi connectivity index (χ2v) is 7.41. The lowest BCUT2D eigenvalue weighted by atomic mass is 10.2. The van der Waals surface area contributed by atoms with Crippen molar-refractivity contribution in [1.82, 2.24) is 0 Å². The Kier molecular flexibility index (Phi) is 4.85. The first-order valence-corrected chi connectivity index (χ1v) is 8.77. The average Bonchev–Trinajstić information content (AvgIpc) is 2.41. The SMILES string of the molecule is NCc1ccc(Br)c(S(=O)(=O)Nc2ccccc2Br)c1. The lowest BCUT2D eigenvalue weighted by molar-refractivity contribution is 0.600. The molecule has 106 valence electrons. The molecule has 0 amide bonds. The molecule has 0 bridgehead atoms. The maximum absolute atomic E-state index is 12.4. The summed E-state index contributed by atoms with van der Waals surface area (Å²) < 4.78 is 28.6. The third kappa shape index (κ3) is 3.41. The second kappa shape index (κ2) is 6.26. The van der Waals surface area contributed by atoms with Crippen LogP contribution >= 0.6 is 31.9 Å². The van der Waals surface area contributed by atoms with Gasteiger partial charge in [0.05, 0.1) is 5.69 Å². The van der Waals surface area contributed by atoms with Crippen LogP contribution in [0.25, 0.3) is 0 Å². The molecule has 0 saturated carbocycles. The van der Waals surface area contributed by atoms with Gasteiger partial charge in [-0.2, -0.15) is 0 Å². The van der Waals surface area contributed by atoms with Crippen LogP contribution in [0.2, 0.25) is 0 Å².